The minimum Gasteiger partial charge on any atom is -0.386 e. The van der Waals surface area contributed by atoms with E-state index in [1.54, 1.807) is 12.1 Å². The molecule has 0 aromatic heterocycles. The smallest absolute Gasteiger partial charge is 0.294 e. The van der Waals surface area contributed by atoms with Gasteiger partial charge < -0.3 is 11.1 Å². The highest BCUT2D eigenvalue weighted by Gasteiger charge is 2.14. The van der Waals surface area contributed by atoms with Crippen LogP contribution in [-0.4, -0.2) is 16.6 Å². The highest BCUT2D eigenvalue weighted by Crippen LogP contribution is 2.31. The maximum Gasteiger partial charge on any atom is 0.294 e. The van der Waals surface area contributed by atoms with E-state index in [1.807, 2.05) is 30.3 Å². The van der Waals surface area contributed by atoms with Gasteiger partial charge in [0.15, 0.2) is 0 Å². The summed E-state index contributed by atoms with van der Waals surface area (Å²) in [5.41, 5.74) is 6.98. The number of para-hydroxylation sites is 1. The molecule has 6 nitrogen and oxygen atoms in total. The Hall–Kier alpha value is -2.60. The molecule has 0 amide bonds. The fourth-order valence-corrected chi connectivity index (χ4v) is 1.78. The average Bonchev–Trinajstić information content (AvgIpc) is 2.49. The number of nitro benzene ring substituents is 1. The summed E-state index contributed by atoms with van der Waals surface area (Å²) in [5, 5.41) is 14.2. The fraction of sp³-hybridized carbons (Fsp3) is 0.0714. The average molecular weight is 305 g/mol. The molecule has 2 aromatic rings. The molecular formula is C14H13ClN4O2. The van der Waals surface area contributed by atoms with Crippen LogP contribution >= 0.6 is 11.6 Å². The number of anilines is 2. The highest BCUT2D eigenvalue weighted by atomic mass is 35.5. The minimum atomic E-state index is -0.471. The lowest BCUT2D eigenvalue weighted by Crippen LogP contribution is -2.12. The third kappa shape index (κ3) is 3.93. The first-order valence-electron chi connectivity index (χ1n) is 6.09. The number of nitrogens with one attached hydrogen (secondary N) is 1. The quantitative estimate of drug-likeness (QED) is 0.290. The maximum absolute atomic E-state index is 11.2. The standard InChI is InChI=1S/C14H13ClN4O2/c15-9-14(16)18-11-6-7-12(13(8-11)19(20)21)17-10-4-2-1-3-5-10/h1-8,17H,9H2,(H2,16,18). The van der Waals surface area contributed by atoms with Gasteiger partial charge in [0.1, 0.15) is 11.5 Å². The molecule has 3 N–H and O–H groups in total. The summed E-state index contributed by atoms with van der Waals surface area (Å²) in [5.74, 6) is 0.271. The topological polar surface area (TPSA) is 93.5 Å². The van der Waals surface area contributed by atoms with Gasteiger partial charge in [0.2, 0.25) is 0 Å². The van der Waals surface area contributed by atoms with Gasteiger partial charge in [-0.3, -0.25) is 10.1 Å². The first kappa shape index (κ1) is 14.8. The van der Waals surface area contributed by atoms with Crippen LogP contribution in [0, 0.1) is 10.1 Å². The molecule has 0 aliphatic rings. The Balaban J connectivity index is 2.36. The lowest BCUT2D eigenvalue weighted by Gasteiger charge is -2.07. The van der Waals surface area contributed by atoms with E-state index in [0.29, 0.717) is 11.4 Å². The zero-order valence-electron chi connectivity index (χ0n) is 11.0. The zero-order valence-corrected chi connectivity index (χ0v) is 11.7. The number of nitrogens with two attached hydrogens (primary N) is 1. The van der Waals surface area contributed by atoms with Gasteiger partial charge in [0.25, 0.3) is 5.69 Å². The Kier molecular flexibility index (Phi) is 4.73. The first-order chi connectivity index (χ1) is 10.1. The molecule has 21 heavy (non-hydrogen) atoms. The molecular weight excluding hydrogens is 292 g/mol. The van der Waals surface area contributed by atoms with Gasteiger partial charge in [-0.25, -0.2) is 4.99 Å². The van der Waals surface area contributed by atoms with Crippen molar-refractivity contribution < 1.29 is 4.92 Å². The van der Waals surface area contributed by atoms with Gasteiger partial charge in [-0.15, -0.1) is 11.6 Å². The van der Waals surface area contributed by atoms with E-state index in [2.05, 4.69) is 10.3 Å². The van der Waals surface area contributed by atoms with Crippen LogP contribution in [0.5, 0.6) is 0 Å². The van der Waals surface area contributed by atoms with E-state index < -0.39 is 4.92 Å². The van der Waals surface area contributed by atoms with Crippen molar-refractivity contribution in [2.75, 3.05) is 11.2 Å². The molecule has 108 valence electrons. The Bertz CT molecular complexity index is 674. The number of amidine groups is 1. The Morgan fingerprint density at radius 2 is 2.00 bits per heavy atom. The summed E-state index contributed by atoms with van der Waals surface area (Å²) in [6.45, 7) is 0. The van der Waals surface area contributed by atoms with Gasteiger partial charge in [-0.2, -0.15) is 0 Å². The van der Waals surface area contributed by atoms with Crippen molar-refractivity contribution in [1.82, 2.24) is 0 Å². The Morgan fingerprint density at radius 1 is 1.29 bits per heavy atom. The molecule has 0 heterocycles. The summed E-state index contributed by atoms with van der Waals surface area (Å²) >= 11 is 5.54. The lowest BCUT2D eigenvalue weighted by molar-refractivity contribution is -0.383. The van der Waals surface area contributed by atoms with Crippen molar-refractivity contribution in [3.05, 3.63) is 58.6 Å². The van der Waals surface area contributed by atoms with Crippen molar-refractivity contribution >= 4 is 40.2 Å². The Morgan fingerprint density at radius 3 is 2.62 bits per heavy atom. The summed E-state index contributed by atoms with van der Waals surface area (Å²) in [6.07, 6.45) is 0. The number of aliphatic imine (C=N–C) groups is 1. The monoisotopic (exact) mass is 304 g/mol. The lowest BCUT2D eigenvalue weighted by atomic mass is 10.2. The van der Waals surface area contributed by atoms with Crippen molar-refractivity contribution in [3.8, 4) is 0 Å². The predicted octanol–water partition coefficient (Wildman–Crippen LogP) is 3.57. The molecule has 2 aromatic carbocycles. The highest BCUT2D eigenvalue weighted by molar-refractivity contribution is 6.28. The minimum absolute atomic E-state index is 0.0673. The zero-order chi connectivity index (χ0) is 15.2. The van der Waals surface area contributed by atoms with E-state index in [4.69, 9.17) is 17.3 Å². The molecule has 0 bridgehead atoms. The van der Waals surface area contributed by atoms with E-state index >= 15 is 0 Å². The van der Waals surface area contributed by atoms with Crippen molar-refractivity contribution in [1.29, 1.82) is 0 Å². The second-order valence-corrected chi connectivity index (χ2v) is 4.45. The van der Waals surface area contributed by atoms with Gasteiger partial charge >= 0.3 is 0 Å². The van der Waals surface area contributed by atoms with Crippen LogP contribution in [0.2, 0.25) is 0 Å². The second-order valence-electron chi connectivity index (χ2n) is 4.19. The van der Waals surface area contributed by atoms with E-state index in [9.17, 15) is 10.1 Å². The molecule has 0 saturated carbocycles. The predicted molar refractivity (Wildman–Crippen MR) is 84.8 cm³/mol. The van der Waals surface area contributed by atoms with Crippen LogP contribution < -0.4 is 11.1 Å². The number of halogens is 1. The number of rotatable bonds is 5. The van der Waals surface area contributed by atoms with Gasteiger partial charge in [0.05, 0.1) is 16.5 Å². The number of alkyl halides is 1. The molecule has 7 heteroatoms. The first-order valence-corrected chi connectivity index (χ1v) is 6.63. The second kappa shape index (κ2) is 6.71. The van der Waals surface area contributed by atoms with E-state index in [1.165, 1.54) is 6.07 Å². The molecule has 2 rings (SSSR count). The summed E-state index contributed by atoms with van der Waals surface area (Å²) in [7, 11) is 0. The number of nitrogens with zero attached hydrogens (tertiary/aromatic N) is 2. The summed E-state index contributed by atoms with van der Waals surface area (Å²) in [6, 6.07) is 13.8. The number of benzene rings is 2. The number of hydrogen-bond donors (Lipinski definition) is 2. The SMILES string of the molecule is NC(CCl)=Nc1ccc(Nc2ccccc2)c([N+](=O)[O-])c1. The summed E-state index contributed by atoms with van der Waals surface area (Å²) in [4.78, 5) is 14.7. The van der Waals surface area contributed by atoms with Crippen LogP contribution in [-0.2, 0) is 0 Å². The molecule has 0 saturated heterocycles. The normalized spacial score (nSPS) is 11.2. The molecule has 0 radical (unpaired) electrons. The van der Waals surface area contributed by atoms with Crippen LogP contribution in [0.15, 0.2) is 53.5 Å². The summed E-state index contributed by atoms with van der Waals surface area (Å²) < 4.78 is 0. The maximum atomic E-state index is 11.2. The van der Waals surface area contributed by atoms with Crippen molar-refractivity contribution in [2.45, 2.75) is 0 Å². The van der Waals surface area contributed by atoms with Crippen LogP contribution in [0.1, 0.15) is 0 Å². The van der Waals surface area contributed by atoms with Crippen molar-refractivity contribution in [2.24, 2.45) is 10.7 Å². The van der Waals surface area contributed by atoms with Crippen LogP contribution in [0.3, 0.4) is 0 Å². The Labute approximate surface area is 126 Å². The third-order valence-electron chi connectivity index (χ3n) is 2.64. The van der Waals surface area contributed by atoms with Gasteiger partial charge in [0, 0.05) is 11.8 Å². The van der Waals surface area contributed by atoms with E-state index in [0.717, 1.165) is 5.69 Å². The fourth-order valence-electron chi connectivity index (χ4n) is 1.72. The van der Waals surface area contributed by atoms with Crippen LogP contribution in [0.25, 0.3) is 0 Å². The molecule has 0 fully saturated rings. The third-order valence-corrected chi connectivity index (χ3v) is 2.91. The van der Waals surface area contributed by atoms with E-state index in [-0.39, 0.29) is 17.4 Å². The molecule has 0 unspecified atom stereocenters. The number of hydrogen-bond acceptors (Lipinski definition) is 4. The molecule has 0 atom stereocenters. The molecule has 0 aliphatic heterocycles. The largest absolute Gasteiger partial charge is 0.386 e. The van der Waals surface area contributed by atoms with Gasteiger partial charge in [-0.1, -0.05) is 18.2 Å². The van der Waals surface area contributed by atoms with Crippen LogP contribution in [0.4, 0.5) is 22.7 Å². The number of nitro groups is 1. The van der Waals surface area contributed by atoms with Gasteiger partial charge in [-0.05, 0) is 24.3 Å². The molecule has 0 spiro atoms. The van der Waals surface area contributed by atoms with Crippen molar-refractivity contribution in [3.63, 3.8) is 0 Å². The molecule has 0 aliphatic carbocycles.